The molecule has 0 spiro atoms. The van der Waals surface area contributed by atoms with Gasteiger partial charge in [0.15, 0.2) is 5.82 Å². The third-order valence-corrected chi connectivity index (χ3v) is 3.68. The summed E-state index contributed by atoms with van der Waals surface area (Å²) in [5.41, 5.74) is 5.44. The van der Waals surface area contributed by atoms with Crippen molar-refractivity contribution in [3.8, 4) is 0 Å². The van der Waals surface area contributed by atoms with Crippen LogP contribution in [0.15, 0.2) is 11.1 Å². The first-order chi connectivity index (χ1) is 8.65. The summed E-state index contributed by atoms with van der Waals surface area (Å²) in [4.78, 5) is -0.303. The van der Waals surface area contributed by atoms with E-state index < -0.39 is 29.2 Å². The smallest absolute Gasteiger partial charge is 0.381 e. The first kappa shape index (κ1) is 15.8. The minimum atomic E-state index is -4.42. The summed E-state index contributed by atoms with van der Waals surface area (Å²) < 4.78 is 62.5. The van der Waals surface area contributed by atoms with Gasteiger partial charge in [0.2, 0.25) is 10.0 Å². The molecule has 0 atom stereocenters. The van der Waals surface area contributed by atoms with Crippen molar-refractivity contribution in [3.63, 3.8) is 0 Å². The van der Waals surface area contributed by atoms with Crippen LogP contribution < -0.4 is 10.5 Å². The Morgan fingerprint density at radius 3 is 2.63 bits per heavy atom. The fourth-order valence-electron chi connectivity index (χ4n) is 1.37. The molecule has 0 bridgehead atoms. The van der Waals surface area contributed by atoms with Crippen molar-refractivity contribution in [1.82, 2.24) is 14.5 Å². The van der Waals surface area contributed by atoms with Crippen LogP contribution in [0.1, 0.15) is 19.8 Å². The van der Waals surface area contributed by atoms with E-state index in [9.17, 15) is 21.6 Å². The highest BCUT2D eigenvalue weighted by atomic mass is 32.2. The lowest BCUT2D eigenvalue weighted by Crippen LogP contribution is -2.28. The largest absolute Gasteiger partial charge is 0.390 e. The fourth-order valence-corrected chi connectivity index (χ4v) is 2.48. The molecule has 110 valence electrons. The molecule has 0 radical (unpaired) electrons. The van der Waals surface area contributed by atoms with Crippen molar-refractivity contribution in [3.05, 3.63) is 6.20 Å². The number of hydrogen-bond donors (Lipinski definition) is 2. The van der Waals surface area contributed by atoms with Crippen molar-refractivity contribution in [1.29, 1.82) is 0 Å². The van der Waals surface area contributed by atoms with Gasteiger partial charge < -0.3 is 5.73 Å². The van der Waals surface area contributed by atoms with Gasteiger partial charge in [0.25, 0.3) is 0 Å². The third-order valence-electron chi connectivity index (χ3n) is 2.20. The quantitative estimate of drug-likeness (QED) is 0.823. The maximum atomic E-state index is 11.9. The molecule has 19 heavy (non-hydrogen) atoms. The zero-order chi connectivity index (χ0) is 14.7. The van der Waals surface area contributed by atoms with Crippen molar-refractivity contribution in [2.75, 3.05) is 12.3 Å². The summed E-state index contributed by atoms with van der Waals surface area (Å²) in [6, 6.07) is 0. The van der Waals surface area contributed by atoms with Crippen molar-refractivity contribution in [2.45, 2.75) is 37.4 Å². The number of rotatable bonds is 6. The van der Waals surface area contributed by atoms with E-state index in [4.69, 9.17) is 5.73 Å². The van der Waals surface area contributed by atoms with E-state index in [0.29, 0.717) is 6.54 Å². The summed E-state index contributed by atoms with van der Waals surface area (Å²) in [5, 5.41) is 3.78. The molecule has 0 aliphatic rings. The van der Waals surface area contributed by atoms with Crippen molar-refractivity contribution >= 4 is 15.8 Å². The number of nitrogens with one attached hydrogen (secondary N) is 1. The maximum absolute atomic E-state index is 11.9. The van der Waals surface area contributed by atoms with Crippen molar-refractivity contribution in [2.24, 2.45) is 0 Å². The number of hydrogen-bond acceptors (Lipinski definition) is 4. The summed E-state index contributed by atoms with van der Waals surface area (Å²) in [5.74, 6) is -0.229. The van der Waals surface area contributed by atoms with Gasteiger partial charge in [-0.15, -0.1) is 0 Å². The van der Waals surface area contributed by atoms with E-state index in [1.807, 2.05) is 11.6 Å². The van der Waals surface area contributed by atoms with Gasteiger partial charge in [-0.25, -0.2) is 13.1 Å². The molecule has 1 aromatic heterocycles. The van der Waals surface area contributed by atoms with Crippen LogP contribution >= 0.6 is 0 Å². The third kappa shape index (κ3) is 4.71. The summed E-state index contributed by atoms with van der Waals surface area (Å²) >= 11 is 0. The van der Waals surface area contributed by atoms with E-state index in [0.717, 1.165) is 6.42 Å². The van der Waals surface area contributed by atoms with E-state index >= 15 is 0 Å². The molecule has 1 aromatic rings. The molecular formula is C9H15F3N4O2S. The Labute approximate surface area is 108 Å². The van der Waals surface area contributed by atoms with Crippen LogP contribution in [-0.4, -0.2) is 30.9 Å². The number of nitrogens with two attached hydrogens (primary N) is 1. The van der Waals surface area contributed by atoms with E-state index in [1.54, 1.807) is 0 Å². The number of nitrogen functional groups attached to an aromatic ring is 1. The highest BCUT2D eigenvalue weighted by Crippen LogP contribution is 2.20. The number of nitrogens with zero attached hydrogens (tertiary/aromatic N) is 2. The molecule has 6 nitrogen and oxygen atoms in total. The molecular weight excluding hydrogens is 285 g/mol. The van der Waals surface area contributed by atoms with Crippen LogP contribution in [0.25, 0.3) is 0 Å². The summed E-state index contributed by atoms with van der Waals surface area (Å²) in [6.45, 7) is 1.61. The first-order valence-corrected chi connectivity index (χ1v) is 7.03. The molecule has 0 fully saturated rings. The van der Waals surface area contributed by atoms with E-state index in [1.165, 1.54) is 10.9 Å². The lowest BCUT2D eigenvalue weighted by molar-refractivity contribution is -0.132. The minimum Gasteiger partial charge on any atom is -0.381 e. The number of alkyl halides is 3. The summed E-state index contributed by atoms with van der Waals surface area (Å²) in [6.07, 6.45) is -3.73. The fraction of sp³-hybridized carbons (Fsp3) is 0.667. The van der Waals surface area contributed by atoms with Gasteiger partial charge in [0.05, 0.1) is 6.42 Å². The van der Waals surface area contributed by atoms with Gasteiger partial charge in [-0.1, -0.05) is 6.92 Å². The van der Waals surface area contributed by atoms with Crippen LogP contribution in [0.4, 0.5) is 19.0 Å². The molecule has 0 aliphatic carbocycles. The second-order valence-corrected chi connectivity index (χ2v) is 5.64. The Kier molecular flexibility index (Phi) is 4.80. The minimum absolute atomic E-state index is 0.229. The van der Waals surface area contributed by atoms with Crippen LogP contribution in [0, 0.1) is 0 Å². The Morgan fingerprint density at radius 1 is 1.47 bits per heavy atom. The highest BCUT2D eigenvalue weighted by molar-refractivity contribution is 7.89. The molecule has 0 aliphatic heterocycles. The molecule has 0 unspecified atom stereocenters. The lowest BCUT2D eigenvalue weighted by Gasteiger charge is -2.07. The van der Waals surface area contributed by atoms with Gasteiger partial charge in [-0.3, -0.25) is 4.68 Å². The second-order valence-electron chi connectivity index (χ2n) is 3.90. The topological polar surface area (TPSA) is 90.0 Å². The lowest BCUT2D eigenvalue weighted by atomic mass is 10.4. The molecule has 10 heteroatoms. The first-order valence-electron chi connectivity index (χ1n) is 5.55. The Balaban J connectivity index is 2.77. The molecule has 3 N–H and O–H groups in total. The van der Waals surface area contributed by atoms with Gasteiger partial charge in [-0.05, 0) is 6.42 Å². The number of aryl methyl sites for hydroxylation is 1. The average Bonchev–Trinajstić information content (AvgIpc) is 2.58. The molecule has 0 saturated carbocycles. The molecule has 0 amide bonds. The number of sulfonamides is 1. The predicted molar refractivity (Wildman–Crippen MR) is 62.8 cm³/mol. The number of halogens is 3. The monoisotopic (exact) mass is 300 g/mol. The van der Waals surface area contributed by atoms with E-state index in [-0.39, 0.29) is 10.7 Å². The predicted octanol–water partition coefficient (Wildman–Crippen LogP) is 1.11. The van der Waals surface area contributed by atoms with E-state index in [2.05, 4.69) is 5.10 Å². The zero-order valence-electron chi connectivity index (χ0n) is 10.2. The summed E-state index contributed by atoms with van der Waals surface area (Å²) in [7, 11) is -4.07. The second kappa shape index (κ2) is 5.78. The SMILES string of the molecule is CCCn1cc(S(=O)(=O)NCCC(F)(F)F)c(N)n1. The number of aromatic nitrogens is 2. The highest BCUT2D eigenvalue weighted by Gasteiger charge is 2.28. The molecule has 0 aromatic carbocycles. The molecule has 1 heterocycles. The average molecular weight is 300 g/mol. The maximum Gasteiger partial charge on any atom is 0.390 e. The molecule has 1 rings (SSSR count). The Morgan fingerprint density at radius 2 is 2.11 bits per heavy atom. The van der Waals surface area contributed by atoms with Gasteiger partial charge >= 0.3 is 6.18 Å². The van der Waals surface area contributed by atoms with Crippen LogP contribution in [-0.2, 0) is 16.6 Å². The van der Waals surface area contributed by atoms with Crippen LogP contribution in [0.2, 0.25) is 0 Å². The zero-order valence-corrected chi connectivity index (χ0v) is 11.1. The van der Waals surface area contributed by atoms with Gasteiger partial charge in [0.1, 0.15) is 4.90 Å². The standard InChI is InChI=1S/C9H15F3N4O2S/c1-2-5-16-6-7(8(13)15-16)19(17,18)14-4-3-9(10,11)12/h6,14H,2-5H2,1H3,(H2,13,15). The Bertz CT molecular complexity index is 524. The normalized spacial score (nSPS) is 12.8. The Hall–Kier alpha value is -1.29. The van der Waals surface area contributed by atoms with Crippen LogP contribution in [0.3, 0.4) is 0 Å². The molecule has 0 saturated heterocycles. The van der Waals surface area contributed by atoms with Crippen LogP contribution in [0.5, 0.6) is 0 Å². The number of anilines is 1. The van der Waals surface area contributed by atoms with Gasteiger partial charge in [-0.2, -0.15) is 18.3 Å². The van der Waals surface area contributed by atoms with Crippen molar-refractivity contribution < 1.29 is 21.6 Å². The van der Waals surface area contributed by atoms with Gasteiger partial charge in [0, 0.05) is 19.3 Å².